The molecule has 1 heterocycles. The number of hydrogen-bond donors (Lipinski definition) is 1. The van der Waals surface area contributed by atoms with Gasteiger partial charge in [0.1, 0.15) is 0 Å². The van der Waals surface area contributed by atoms with Gasteiger partial charge in [-0.05, 0) is 5.92 Å². The molecule has 0 aliphatic carbocycles. The maximum Gasteiger partial charge on any atom is 0.225 e. The van der Waals surface area contributed by atoms with Gasteiger partial charge in [0, 0.05) is 24.8 Å². The minimum Gasteiger partial charge on any atom is -0.341 e. The minimum atomic E-state index is 0.217. The highest BCUT2D eigenvalue weighted by atomic mass is 32.1. The number of hydrogen-bond acceptors (Lipinski definition) is 2. The molecule has 0 N–H and O–H groups in total. The summed E-state index contributed by atoms with van der Waals surface area (Å²) in [6.45, 7) is 5.85. The van der Waals surface area contributed by atoms with Gasteiger partial charge in [0.05, 0.1) is 0 Å². The van der Waals surface area contributed by atoms with Crippen LogP contribution in [0, 0.1) is 11.8 Å². The summed E-state index contributed by atoms with van der Waals surface area (Å²) in [5, 5.41) is 0. The third-order valence-electron chi connectivity index (χ3n) is 2.43. The second-order valence-corrected chi connectivity index (χ2v) is 3.72. The third kappa shape index (κ3) is 1.70. The first-order valence-corrected chi connectivity index (χ1v) is 4.69. The summed E-state index contributed by atoms with van der Waals surface area (Å²) in [6, 6.07) is 0. The fourth-order valence-electron chi connectivity index (χ4n) is 1.45. The molecule has 11 heavy (non-hydrogen) atoms. The molecule has 2 atom stereocenters. The molecule has 0 aromatic carbocycles. The van der Waals surface area contributed by atoms with Crippen LogP contribution >= 0.6 is 12.6 Å². The zero-order chi connectivity index (χ0) is 8.43. The van der Waals surface area contributed by atoms with Crippen LogP contribution in [0.25, 0.3) is 0 Å². The monoisotopic (exact) mass is 173 g/mol. The van der Waals surface area contributed by atoms with Crippen LogP contribution in [-0.4, -0.2) is 29.6 Å². The highest BCUT2D eigenvalue weighted by Gasteiger charge is 2.33. The van der Waals surface area contributed by atoms with Crippen molar-refractivity contribution < 1.29 is 4.79 Å². The van der Waals surface area contributed by atoms with Gasteiger partial charge in [0.15, 0.2) is 0 Å². The fraction of sp³-hybridized carbons (Fsp3) is 0.875. The fourth-order valence-corrected chi connectivity index (χ4v) is 1.69. The van der Waals surface area contributed by atoms with E-state index >= 15 is 0 Å². The van der Waals surface area contributed by atoms with E-state index < -0.39 is 0 Å². The van der Waals surface area contributed by atoms with E-state index in [1.807, 2.05) is 11.8 Å². The number of carbonyl (C=O) groups excluding carboxylic acids is 1. The first-order valence-electron chi connectivity index (χ1n) is 4.06. The Morgan fingerprint density at radius 3 is 2.64 bits per heavy atom. The molecule has 0 aromatic rings. The Labute approximate surface area is 73.4 Å². The molecule has 0 saturated carbocycles. The van der Waals surface area contributed by atoms with Crippen LogP contribution in [0.5, 0.6) is 0 Å². The predicted molar refractivity (Wildman–Crippen MR) is 48.8 cm³/mol. The Balaban J connectivity index is 2.52. The SMILES string of the molecule is CC1CN(CCS)C(=O)C1C. The highest BCUT2D eigenvalue weighted by molar-refractivity contribution is 7.80. The number of likely N-dealkylation sites (tertiary alicyclic amines) is 1. The Hall–Kier alpha value is -0.180. The van der Waals surface area contributed by atoms with Gasteiger partial charge in [-0.1, -0.05) is 13.8 Å². The predicted octanol–water partition coefficient (Wildman–Crippen LogP) is 1.03. The highest BCUT2D eigenvalue weighted by Crippen LogP contribution is 2.23. The van der Waals surface area contributed by atoms with Gasteiger partial charge in [-0.2, -0.15) is 12.6 Å². The van der Waals surface area contributed by atoms with Crippen molar-refractivity contribution in [3.8, 4) is 0 Å². The molecule has 64 valence electrons. The van der Waals surface area contributed by atoms with Crippen molar-refractivity contribution in [2.24, 2.45) is 11.8 Å². The zero-order valence-electron chi connectivity index (χ0n) is 7.08. The van der Waals surface area contributed by atoms with E-state index in [0.29, 0.717) is 11.8 Å². The lowest BCUT2D eigenvalue weighted by molar-refractivity contribution is -0.130. The largest absolute Gasteiger partial charge is 0.341 e. The van der Waals surface area contributed by atoms with E-state index in [1.54, 1.807) is 0 Å². The summed E-state index contributed by atoms with van der Waals surface area (Å²) < 4.78 is 0. The summed E-state index contributed by atoms with van der Waals surface area (Å²) in [4.78, 5) is 13.3. The van der Waals surface area contributed by atoms with E-state index in [4.69, 9.17) is 0 Å². The summed E-state index contributed by atoms with van der Waals surface area (Å²) >= 11 is 4.10. The van der Waals surface area contributed by atoms with Crippen LogP contribution in [-0.2, 0) is 4.79 Å². The van der Waals surface area contributed by atoms with Crippen molar-refractivity contribution in [3.05, 3.63) is 0 Å². The van der Waals surface area contributed by atoms with Crippen molar-refractivity contribution in [2.75, 3.05) is 18.8 Å². The number of carbonyl (C=O) groups is 1. The quantitative estimate of drug-likeness (QED) is 0.618. The molecular formula is C8H15NOS. The molecule has 1 rings (SSSR count). The molecule has 0 spiro atoms. The maximum absolute atomic E-state index is 11.4. The van der Waals surface area contributed by atoms with Gasteiger partial charge in [0.25, 0.3) is 0 Å². The Morgan fingerprint density at radius 1 is 1.64 bits per heavy atom. The van der Waals surface area contributed by atoms with E-state index in [2.05, 4.69) is 19.6 Å². The van der Waals surface area contributed by atoms with E-state index in [9.17, 15) is 4.79 Å². The molecule has 1 saturated heterocycles. The molecule has 0 aromatic heterocycles. The molecule has 0 radical (unpaired) electrons. The van der Waals surface area contributed by atoms with Gasteiger partial charge in [0.2, 0.25) is 5.91 Å². The molecule has 2 nitrogen and oxygen atoms in total. The van der Waals surface area contributed by atoms with Crippen molar-refractivity contribution in [1.29, 1.82) is 0 Å². The molecular weight excluding hydrogens is 158 g/mol. The Bertz CT molecular complexity index is 160. The molecule has 1 amide bonds. The summed E-state index contributed by atoms with van der Waals surface area (Å²) in [7, 11) is 0. The van der Waals surface area contributed by atoms with Gasteiger partial charge in [-0.3, -0.25) is 4.79 Å². The van der Waals surface area contributed by atoms with Crippen molar-refractivity contribution >= 4 is 18.5 Å². The lowest BCUT2D eigenvalue weighted by Gasteiger charge is -2.13. The Morgan fingerprint density at radius 2 is 2.27 bits per heavy atom. The average molecular weight is 173 g/mol. The van der Waals surface area contributed by atoms with Crippen LogP contribution in [0.2, 0.25) is 0 Å². The van der Waals surface area contributed by atoms with Crippen LogP contribution in [0.15, 0.2) is 0 Å². The van der Waals surface area contributed by atoms with Gasteiger partial charge >= 0.3 is 0 Å². The van der Waals surface area contributed by atoms with Crippen LogP contribution in [0.1, 0.15) is 13.8 Å². The lowest BCUT2D eigenvalue weighted by Crippen LogP contribution is -2.28. The topological polar surface area (TPSA) is 20.3 Å². The number of rotatable bonds is 2. The van der Waals surface area contributed by atoms with Crippen molar-refractivity contribution in [3.63, 3.8) is 0 Å². The first kappa shape index (κ1) is 8.91. The normalized spacial score (nSPS) is 31.5. The van der Waals surface area contributed by atoms with Crippen LogP contribution in [0.4, 0.5) is 0 Å². The van der Waals surface area contributed by atoms with Crippen LogP contribution < -0.4 is 0 Å². The molecule has 1 aliphatic rings. The third-order valence-corrected chi connectivity index (χ3v) is 2.63. The molecule has 3 heteroatoms. The summed E-state index contributed by atoms with van der Waals surface area (Å²) in [5.74, 6) is 1.80. The molecule has 0 bridgehead atoms. The van der Waals surface area contributed by atoms with Gasteiger partial charge in [-0.15, -0.1) is 0 Å². The van der Waals surface area contributed by atoms with Crippen LogP contribution in [0.3, 0.4) is 0 Å². The Kier molecular flexibility index (Phi) is 2.82. The summed E-state index contributed by atoms with van der Waals surface area (Å²) in [5.41, 5.74) is 0. The van der Waals surface area contributed by atoms with E-state index in [-0.39, 0.29) is 5.92 Å². The van der Waals surface area contributed by atoms with Crippen molar-refractivity contribution in [1.82, 2.24) is 4.90 Å². The number of thiol groups is 1. The number of amides is 1. The second-order valence-electron chi connectivity index (χ2n) is 3.27. The molecule has 1 aliphatic heterocycles. The van der Waals surface area contributed by atoms with E-state index in [1.165, 1.54) is 0 Å². The minimum absolute atomic E-state index is 0.217. The molecule has 1 fully saturated rings. The summed E-state index contributed by atoms with van der Waals surface area (Å²) in [6.07, 6.45) is 0. The van der Waals surface area contributed by atoms with E-state index in [0.717, 1.165) is 18.8 Å². The van der Waals surface area contributed by atoms with Gasteiger partial charge < -0.3 is 4.90 Å². The maximum atomic E-state index is 11.4. The number of nitrogens with zero attached hydrogens (tertiary/aromatic N) is 1. The standard InChI is InChI=1S/C8H15NOS/c1-6-5-9(3-4-11)8(10)7(6)2/h6-7,11H,3-5H2,1-2H3. The first-order chi connectivity index (χ1) is 5.16. The van der Waals surface area contributed by atoms with Gasteiger partial charge in [-0.25, -0.2) is 0 Å². The lowest BCUT2D eigenvalue weighted by atomic mass is 10.0. The second kappa shape index (κ2) is 3.48. The van der Waals surface area contributed by atoms with Crippen molar-refractivity contribution in [2.45, 2.75) is 13.8 Å². The average Bonchev–Trinajstić information content (AvgIpc) is 2.19. The smallest absolute Gasteiger partial charge is 0.225 e. The molecule has 2 unspecified atom stereocenters. The zero-order valence-corrected chi connectivity index (χ0v) is 7.97.